The van der Waals surface area contributed by atoms with Crippen molar-refractivity contribution in [3.8, 4) is 11.5 Å². The first kappa shape index (κ1) is 21.0. The summed E-state index contributed by atoms with van der Waals surface area (Å²) in [6, 6.07) is 11.8. The molecule has 2 fully saturated rings. The molecule has 10 nitrogen and oxygen atoms in total. The normalized spacial score (nSPS) is 16.2. The second kappa shape index (κ2) is 7.85. The predicted molar refractivity (Wildman–Crippen MR) is 135 cm³/mol. The van der Waals surface area contributed by atoms with E-state index in [9.17, 15) is 0 Å². The second-order valence-electron chi connectivity index (χ2n) is 9.65. The Morgan fingerprint density at radius 3 is 2.78 bits per heavy atom. The number of rotatable bonds is 5. The molecule has 7 rings (SSSR count). The number of benzene rings is 2. The van der Waals surface area contributed by atoms with Crippen LogP contribution in [-0.4, -0.2) is 42.6 Å². The summed E-state index contributed by atoms with van der Waals surface area (Å²) in [6.45, 7) is 3.56. The number of nitrogens with one attached hydrogen (secondary N) is 1. The largest absolute Gasteiger partial charge is 0.457 e. The average Bonchev–Trinajstić information content (AvgIpc) is 3.36. The number of anilines is 3. The fourth-order valence-electron chi connectivity index (χ4n) is 4.56. The van der Waals surface area contributed by atoms with Crippen LogP contribution in [-0.2, 0) is 11.9 Å². The van der Waals surface area contributed by atoms with Crippen LogP contribution >= 0.6 is 0 Å². The first-order chi connectivity index (χ1) is 17.6. The van der Waals surface area contributed by atoms with Gasteiger partial charge in [-0.05, 0) is 55.7 Å². The molecule has 3 aromatic heterocycles. The monoisotopic (exact) mass is 480 g/mol. The molecule has 1 aliphatic heterocycles. The Bertz CT molecular complexity index is 1630. The zero-order valence-electron chi connectivity index (χ0n) is 20.0. The Balaban J connectivity index is 1.14. The molecule has 1 saturated carbocycles. The van der Waals surface area contributed by atoms with Crippen LogP contribution in [0.4, 0.5) is 17.5 Å². The van der Waals surface area contributed by atoms with Crippen molar-refractivity contribution in [3.63, 3.8) is 0 Å². The standard InChI is InChI=1S/C26H24N8O2/c1-16-9-17(3-6-22(16)36-18-4-5-21-19(10-18)30-15-33(21)2)31-24-23-20(28-14-29-24)11-27-25(32-23)34-12-26(7-8-26)13-35-34/h3-6,9-11,14-15H,7-8,12-13H2,1-2H3,(H,28,29,31). The Hall–Kier alpha value is -4.31. The molecule has 36 heavy (non-hydrogen) atoms. The van der Waals surface area contributed by atoms with Crippen molar-refractivity contribution in [2.45, 2.75) is 19.8 Å². The first-order valence-electron chi connectivity index (χ1n) is 11.9. The van der Waals surface area contributed by atoms with Gasteiger partial charge in [-0.25, -0.2) is 30.0 Å². The third-order valence-electron chi connectivity index (χ3n) is 6.91. The van der Waals surface area contributed by atoms with E-state index in [1.807, 2.05) is 54.9 Å². The molecule has 5 aromatic rings. The Labute approximate surface area is 206 Å². The Kier molecular flexibility index (Phi) is 4.58. The highest BCUT2D eigenvalue weighted by Crippen LogP contribution is 2.50. The molecule has 1 aliphatic carbocycles. The van der Waals surface area contributed by atoms with Gasteiger partial charge in [0.1, 0.15) is 28.9 Å². The topological polar surface area (TPSA) is 103 Å². The summed E-state index contributed by atoms with van der Waals surface area (Å²) in [5, 5.41) is 5.18. The average molecular weight is 481 g/mol. The Morgan fingerprint density at radius 1 is 1.03 bits per heavy atom. The highest BCUT2D eigenvalue weighted by atomic mass is 16.7. The third kappa shape index (κ3) is 3.66. The van der Waals surface area contributed by atoms with Gasteiger partial charge >= 0.3 is 0 Å². The van der Waals surface area contributed by atoms with Crippen LogP contribution in [0.3, 0.4) is 0 Å². The molecule has 0 bridgehead atoms. The van der Waals surface area contributed by atoms with Gasteiger partial charge in [0.05, 0.1) is 36.7 Å². The summed E-state index contributed by atoms with van der Waals surface area (Å²) in [5.41, 5.74) is 5.41. The van der Waals surface area contributed by atoms with Crippen molar-refractivity contribution in [2.24, 2.45) is 12.5 Å². The lowest BCUT2D eigenvalue weighted by molar-refractivity contribution is 0.151. The number of fused-ring (bicyclic) bond motifs is 2. The van der Waals surface area contributed by atoms with Crippen LogP contribution < -0.4 is 15.1 Å². The molecule has 0 atom stereocenters. The maximum absolute atomic E-state index is 6.15. The molecule has 0 radical (unpaired) electrons. The second-order valence-corrected chi connectivity index (χ2v) is 9.65. The summed E-state index contributed by atoms with van der Waals surface area (Å²) < 4.78 is 8.14. The number of aromatic nitrogens is 6. The molecular weight excluding hydrogens is 456 g/mol. The number of hydrogen-bond donors (Lipinski definition) is 1. The molecule has 4 heterocycles. The van der Waals surface area contributed by atoms with E-state index in [0.717, 1.165) is 46.9 Å². The van der Waals surface area contributed by atoms with Gasteiger partial charge in [0.25, 0.3) is 5.95 Å². The Morgan fingerprint density at radius 2 is 1.94 bits per heavy atom. The lowest BCUT2D eigenvalue weighted by Crippen LogP contribution is -2.21. The van der Waals surface area contributed by atoms with Gasteiger partial charge in [-0.2, -0.15) is 0 Å². The predicted octanol–water partition coefficient (Wildman–Crippen LogP) is 4.68. The lowest BCUT2D eigenvalue weighted by atomic mass is 10.1. The molecule has 1 saturated heterocycles. The SMILES string of the molecule is Cc1cc(Nc2ncnc3cnc(N4CC5(CC5)CO4)nc23)ccc1Oc1ccc2c(c1)ncn2C. The van der Waals surface area contributed by atoms with Gasteiger partial charge in [-0.1, -0.05) is 0 Å². The zero-order valence-corrected chi connectivity index (χ0v) is 20.0. The van der Waals surface area contributed by atoms with Crippen LogP contribution in [0.25, 0.3) is 22.1 Å². The van der Waals surface area contributed by atoms with Crippen LogP contribution in [0.1, 0.15) is 18.4 Å². The van der Waals surface area contributed by atoms with Crippen LogP contribution in [0.2, 0.25) is 0 Å². The van der Waals surface area contributed by atoms with Crippen molar-refractivity contribution in [1.29, 1.82) is 0 Å². The van der Waals surface area contributed by atoms with Crippen LogP contribution in [0.15, 0.2) is 55.2 Å². The van der Waals surface area contributed by atoms with E-state index in [0.29, 0.717) is 22.8 Å². The summed E-state index contributed by atoms with van der Waals surface area (Å²) in [7, 11) is 1.98. The maximum Gasteiger partial charge on any atom is 0.250 e. The van der Waals surface area contributed by atoms with Gasteiger partial charge in [-0.3, -0.25) is 4.84 Å². The van der Waals surface area contributed by atoms with E-state index < -0.39 is 0 Å². The van der Waals surface area contributed by atoms with E-state index in [-0.39, 0.29) is 5.41 Å². The minimum atomic E-state index is 0.289. The smallest absolute Gasteiger partial charge is 0.250 e. The van der Waals surface area contributed by atoms with E-state index in [2.05, 4.69) is 25.3 Å². The van der Waals surface area contributed by atoms with E-state index >= 15 is 0 Å². The summed E-state index contributed by atoms with van der Waals surface area (Å²) in [6.07, 6.45) is 7.42. The highest BCUT2D eigenvalue weighted by molar-refractivity contribution is 5.87. The highest BCUT2D eigenvalue weighted by Gasteiger charge is 2.50. The van der Waals surface area contributed by atoms with Crippen molar-refractivity contribution in [1.82, 2.24) is 29.5 Å². The van der Waals surface area contributed by atoms with E-state index in [4.69, 9.17) is 14.6 Å². The van der Waals surface area contributed by atoms with E-state index in [1.165, 1.54) is 19.2 Å². The molecule has 0 amide bonds. The molecule has 0 unspecified atom stereocenters. The zero-order chi connectivity index (χ0) is 24.3. The number of aryl methyl sites for hydroxylation is 2. The molecule has 2 aliphatic rings. The van der Waals surface area contributed by atoms with Gasteiger partial charge in [-0.15, -0.1) is 0 Å². The molecule has 10 heteroatoms. The number of hydroxylamine groups is 1. The van der Waals surface area contributed by atoms with Gasteiger partial charge < -0.3 is 14.6 Å². The van der Waals surface area contributed by atoms with E-state index in [1.54, 1.807) is 17.6 Å². The van der Waals surface area contributed by atoms with Gasteiger partial charge in [0, 0.05) is 24.2 Å². The first-order valence-corrected chi connectivity index (χ1v) is 11.9. The number of ether oxygens (including phenoxy) is 1. The molecule has 1 N–H and O–H groups in total. The lowest BCUT2D eigenvalue weighted by Gasteiger charge is -2.15. The van der Waals surface area contributed by atoms with Crippen molar-refractivity contribution >= 4 is 39.5 Å². The van der Waals surface area contributed by atoms with Crippen molar-refractivity contribution in [2.75, 3.05) is 23.5 Å². The molecule has 180 valence electrons. The minimum Gasteiger partial charge on any atom is -0.457 e. The van der Waals surface area contributed by atoms with Gasteiger partial charge in [0.15, 0.2) is 5.82 Å². The maximum atomic E-state index is 6.15. The summed E-state index contributed by atoms with van der Waals surface area (Å²) in [4.78, 5) is 28.3. The number of hydrogen-bond acceptors (Lipinski definition) is 9. The van der Waals surface area contributed by atoms with Crippen LogP contribution in [0.5, 0.6) is 11.5 Å². The summed E-state index contributed by atoms with van der Waals surface area (Å²) in [5.74, 6) is 2.66. The quantitative estimate of drug-likeness (QED) is 0.384. The van der Waals surface area contributed by atoms with Crippen LogP contribution in [0, 0.1) is 12.3 Å². The molecular formula is C26H24N8O2. The fourth-order valence-corrected chi connectivity index (χ4v) is 4.56. The number of nitrogens with zero attached hydrogens (tertiary/aromatic N) is 7. The van der Waals surface area contributed by atoms with Crippen molar-refractivity contribution < 1.29 is 9.57 Å². The van der Waals surface area contributed by atoms with Gasteiger partial charge in [0.2, 0.25) is 0 Å². The molecule has 2 aromatic carbocycles. The third-order valence-corrected chi connectivity index (χ3v) is 6.91. The fraction of sp³-hybridized carbons (Fsp3) is 0.269. The summed E-state index contributed by atoms with van der Waals surface area (Å²) >= 11 is 0. The molecule has 1 spiro atoms. The number of imidazole rings is 1. The minimum absolute atomic E-state index is 0.289. The van der Waals surface area contributed by atoms with Crippen molar-refractivity contribution in [3.05, 3.63) is 60.8 Å².